The highest BCUT2D eigenvalue weighted by molar-refractivity contribution is 7.90. The van der Waals surface area contributed by atoms with Crippen molar-refractivity contribution >= 4 is 11.4 Å². The van der Waals surface area contributed by atoms with Crippen LogP contribution in [0.25, 0.3) is 0 Å². The van der Waals surface area contributed by atoms with Gasteiger partial charge < -0.3 is 9.29 Å². The summed E-state index contributed by atoms with van der Waals surface area (Å²) in [6.07, 6.45) is 3.62. The molecule has 2 aliphatic heterocycles. The molecule has 6 nitrogen and oxygen atoms in total. The van der Waals surface area contributed by atoms with Crippen molar-refractivity contribution in [1.29, 1.82) is 0 Å². The van der Waals surface area contributed by atoms with Crippen molar-refractivity contribution in [3.05, 3.63) is 94.6 Å². The Morgan fingerprint density at radius 3 is 2.45 bits per heavy atom. The van der Waals surface area contributed by atoms with Crippen LogP contribution in [0.3, 0.4) is 0 Å². The van der Waals surface area contributed by atoms with Crippen LogP contribution in [0.5, 0.6) is 0 Å². The molecule has 0 unspecified atom stereocenters. The van der Waals surface area contributed by atoms with E-state index in [4.69, 9.17) is 4.74 Å². The molecular formula is C29H32F4N4O2S. The summed E-state index contributed by atoms with van der Waals surface area (Å²) in [5, 5.41) is 0. The Hall–Kier alpha value is -2.57. The molecule has 0 aliphatic carbocycles. The molecule has 3 aromatic rings. The summed E-state index contributed by atoms with van der Waals surface area (Å²) in [5.74, 6) is -2.45. The number of nitrogens with one attached hydrogen (secondary N) is 1. The van der Waals surface area contributed by atoms with Crippen LogP contribution >= 0.6 is 0 Å². The molecule has 0 bridgehead atoms. The maximum atomic E-state index is 15.0. The fraction of sp³-hybridized carbons (Fsp3) is 0.448. The molecule has 1 saturated heterocycles. The second kappa shape index (κ2) is 11.0. The number of aromatic nitrogens is 2. The fourth-order valence-electron chi connectivity index (χ4n) is 5.33. The number of ether oxygens (including phenoxy) is 1. The number of alkyl halides is 2. The minimum Gasteiger partial charge on any atom is -0.598 e. The number of pyridine rings is 2. The van der Waals surface area contributed by atoms with Crippen molar-refractivity contribution in [2.24, 2.45) is 0 Å². The Morgan fingerprint density at radius 1 is 1.07 bits per heavy atom. The van der Waals surface area contributed by atoms with E-state index in [1.807, 2.05) is 12.3 Å². The van der Waals surface area contributed by atoms with Crippen molar-refractivity contribution in [2.75, 3.05) is 13.1 Å². The number of piperidine rings is 1. The highest BCUT2D eigenvalue weighted by Crippen LogP contribution is 2.44. The van der Waals surface area contributed by atoms with Crippen LogP contribution in [-0.4, -0.2) is 43.7 Å². The number of likely N-dealkylation sites (tertiary alicyclic amines) is 1. The minimum absolute atomic E-state index is 0.143. The summed E-state index contributed by atoms with van der Waals surface area (Å²) in [7, 11) is 0. The Kier molecular flexibility index (Phi) is 7.97. The van der Waals surface area contributed by atoms with Crippen molar-refractivity contribution in [1.82, 2.24) is 19.6 Å². The van der Waals surface area contributed by atoms with E-state index in [2.05, 4.69) is 19.6 Å². The van der Waals surface area contributed by atoms with Gasteiger partial charge in [-0.15, -0.1) is 4.72 Å². The topological polar surface area (TPSA) is 73.3 Å². The van der Waals surface area contributed by atoms with E-state index in [1.165, 1.54) is 17.8 Å². The predicted octanol–water partition coefficient (Wildman–Crippen LogP) is 5.34. The van der Waals surface area contributed by atoms with Crippen molar-refractivity contribution < 1.29 is 26.9 Å². The van der Waals surface area contributed by atoms with E-state index in [-0.39, 0.29) is 16.9 Å². The number of hydrogen-bond acceptors (Lipinski definition) is 6. The largest absolute Gasteiger partial charge is 0.598 e. The molecule has 0 radical (unpaired) electrons. The van der Waals surface area contributed by atoms with E-state index in [0.717, 1.165) is 49.2 Å². The number of hydrogen-bond donors (Lipinski definition) is 1. The number of rotatable bonds is 7. The second-order valence-electron chi connectivity index (χ2n) is 11.4. The van der Waals surface area contributed by atoms with Crippen LogP contribution < -0.4 is 4.72 Å². The van der Waals surface area contributed by atoms with Gasteiger partial charge in [-0.3, -0.25) is 14.9 Å². The zero-order valence-corrected chi connectivity index (χ0v) is 23.4. The molecule has 40 heavy (non-hydrogen) atoms. The van der Waals surface area contributed by atoms with Crippen molar-refractivity contribution in [3.63, 3.8) is 0 Å². The molecule has 2 aliphatic rings. The summed E-state index contributed by atoms with van der Waals surface area (Å²) in [4.78, 5) is 10.9. The third kappa shape index (κ3) is 5.37. The minimum atomic E-state index is -3.18. The van der Waals surface area contributed by atoms with Gasteiger partial charge in [0.25, 0.3) is 6.43 Å². The lowest BCUT2D eigenvalue weighted by molar-refractivity contribution is -0.0800. The Morgan fingerprint density at radius 2 is 1.82 bits per heavy atom. The summed E-state index contributed by atoms with van der Waals surface area (Å²) < 4.78 is 78.7. The van der Waals surface area contributed by atoms with Gasteiger partial charge in [-0.1, -0.05) is 12.1 Å². The lowest BCUT2D eigenvalue weighted by Gasteiger charge is -2.39. The molecule has 1 aromatic carbocycles. The number of fused-ring (bicyclic) bond motifs is 2. The lowest BCUT2D eigenvalue weighted by Crippen LogP contribution is -2.56. The molecule has 0 saturated carbocycles. The second-order valence-corrected chi connectivity index (χ2v) is 13.3. The molecule has 0 amide bonds. The van der Waals surface area contributed by atoms with E-state index in [0.29, 0.717) is 19.2 Å². The van der Waals surface area contributed by atoms with Crippen LogP contribution in [0, 0.1) is 11.6 Å². The van der Waals surface area contributed by atoms with Gasteiger partial charge in [-0.05, 0) is 74.6 Å². The summed E-state index contributed by atoms with van der Waals surface area (Å²) in [6.45, 7) is 7.57. The van der Waals surface area contributed by atoms with E-state index >= 15 is 0 Å². The highest BCUT2D eigenvalue weighted by Gasteiger charge is 2.51. The van der Waals surface area contributed by atoms with Gasteiger partial charge in [-0.2, -0.15) is 0 Å². The monoisotopic (exact) mass is 576 g/mol. The molecule has 1 fully saturated rings. The maximum absolute atomic E-state index is 15.0. The predicted molar refractivity (Wildman–Crippen MR) is 144 cm³/mol. The summed E-state index contributed by atoms with van der Waals surface area (Å²) in [6, 6.07) is 7.67. The third-order valence-corrected chi connectivity index (χ3v) is 9.34. The zero-order valence-electron chi connectivity index (χ0n) is 22.6. The third-order valence-electron chi connectivity index (χ3n) is 7.72. The first-order chi connectivity index (χ1) is 18.9. The molecule has 2 aromatic heterocycles. The Balaban J connectivity index is 1.38. The smallest absolute Gasteiger partial charge is 0.270 e. The lowest BCUT2D eigenvalue weighted by atomic mass is 9.84. The van der Waals surface area contributed by atoms with Gasteiger partial charge in [0.05, 0.1) is 17.9 Å². The van der Waals surface area contributed by atoms with Crippen LogP contribution in [0.2, 0.25) is 0 Å². The molecule has 214 valence electrons. The molecule has 5 rings (SSSR count). The normalized spacial score (nSPS) is 19.5. The quantitative estimate of drug-likeness (QED) is 0.303. The van der Waals surface area contributed by atoms with E-state index < -0.39 is 39.7 Å². The van der Waals surface area contributed by atoms with Gasteiger partial charge >= 0.3 is 0 Å². The first-order valence-corrected chi connectivity index (χ1v) is 14.3. The summed E-state index contributed by atoms with van der Waals surface area (Å²) in [5.41, 5.74) is -0.0292. The van der Waals surface area contributed by atoms with Crippen LogP contribution in [-0.2, 0) is 40.4 Å². The molecule has 1 spiro atoms. The molecule has 4 heterocycles. The summed E-state index contributed by atoms with van der Waals surface area (Å²) >= 11 is -1.98. The van der Waals surface area contributed by atoms with E-state index in [9.17, 15) is 22.1 Å². The number of halogens is 4. The standard InChI is InChI=1S/C29H32F4N4O2S/c1-27(2,3)40(38)36-29(26(32)33,21-5-6-23(30)24(31)14-21)25-7-4-19(15-35-25)17-37-12-9-28(10-13-37)22-16-34-11-8-20(22)18-39-28/h4-8,11,14-16,26,36H,9-10,12-13,17-18H2,1-3H3/t29-,40+/m0/s1. The van der Waals surface area contributed by atoms with Crippen LogP contribution in [0.1, 0.15) is 61.6 Å². The van der Waals surface area contributed by atoms with Gasteiger partial charge in [-0.25, -0.2) is 17.6 Å². The van der Waals surface area contributed by atoms with Crippen LogP contribution in [0.4, 0.5) is 17.6 Å². The Labute approximate surface area is 234 Å². The first kappa shape index (κ1) is 28.9. The Bertz CT molecular complexity index is 1350. The molecular weight excluding hydrogens is 544 g/mol. The van der Waals surface area contributed by atoms with Crippen molar-refractivity contribution in [3.8, 4) is 0 Å². The van der Waals surface area contributed by atoms with Crippen LogP contribution in [0.15, 0.2) is 55.0 Å². The zero-order chi connectivity index (χ0) is 28.7. The average molecular weight is 577 g/mol. The van der Waals surface area contributed by atoms with Gasteiger partial charge in [0.15, 0.2) is 17.2 Å². The SMILES string of the molecule is CC(C)(C)[S@@+]([O-])N[C@@](c1ccc(F)c(F)c1)(c1ccc(CN2CCC3(CC2)OCc2ccncc23)cn1)C(F)F. The number of nitrogens with zero attached hydrogens (tertiary/aromatic N) is 3. The maximum Gasteiger partial charge on any atom is 0.270 e. The van der Waals surface area contributed by atoms with Crippen molar-refractivity contribution in [2.45, 2.75) is 69.1 Å². The molecule has 1 N–H and O–H groups in total. The number of benzene rings is 1. The molecule has 11 heteroatoms. The molecule has 2 atom stereocenters. The average Bonchev–Trinajstić information content (AvgIpc) is 3.28. The van der Waals surface area contributed by atoms with Gasteiger partial charge in [0.1, 0.15) is 4.75 Å². The highest BCUT2D eigenvalue weighted by atomic mass is 32.2. The van der Waals surface area contributed by atoms with Gasteiger partial charge in [0, 0.05) is 55.2 Å². The fourth-order valence-corrected chi connectivity index (χ4v) is 6.24. The van der Waals surface area contributed by atoms with Gasteiger partial charge in [0.2, 0.25) is 0 Å². The van der Waals surface area contributed by atoms with E-state index in [1.54, 1.807) is 33.0 Å². The first-order valence-electron chi connectivity index (χ1n) is 13.1.